The lowest BCUT2D eigenvalue weighted by Gasteiger charge is -2.15. The van der Waals surface area contributed by atoms with Crippen molar-refractivity contribution in [2.45, 2.75) is 26.5 Å². The number of hydrogen-bond acceptors (Lipinski definition) is 6. The van der Waals surface area contributed by atoms with Crippen molar-refractivity contribution in [1.29, 1.82) is 0 Å². The minimum atomic E-state index is -0.703. The van der Waals surface area contributed by atoms with E-state index in [1.807, 2.05) is 13.0 Å². The standard InChI is InChI=1S/C21H23N3O5/c1-3-27-16-6-4-7-17(14-16)29-15(2)21(26)22-11-12-24-20(25)10-9-18(23-24)19-8-5-13-28-19/h4-10,13-15H,3,11-12H2,1-2H3,(H,22,26). The van der Waals surface area contributed by atoms with Crippen molar-refractivity contribution in [3.05, 3.63) is 65.1 Å². The number of hydrogen-bond donors (Lipinski definition) is 1. The largest absolute Gasteiger partial charge is 0.494 e. The van der Waals surface area contributed by atoms with Gasteiger partial charge >= 0.3 is 0 Å². The molecule has 8 nitrogen and oxygen atoms in total. The van der Waals surface area contributed by atoms with E-state index in [1.54, 1.807) is 43.3 Å². The van der Waals surface area contributed by atoms with E-state index in [4.69, 9.17) is 13.9 Å². The van der Waals surface area contributed by atoms with E-state index >= 15 is 0 Å². The molecule has 0 radical (unpaired) electrons. The monoisotopic (exact) mass is 397 g/mol. The van der Waals surface area contributed by atoms with E-state index < -0.39 is 6.10 Å². The van der Waals surface area contributed by atoms with Gasteiger partial charge in [-0.2, -0.15) is 5.10 Å². The van der Waals surface area contributed by atoms with Crippen LogP contribution in [0.5, 0.6) is 11.5 Å². The molecule has 2 heterocycles. The van der Waals surface area contributed by atoms with Crippen molar-refractivity contribution in [2.24, 2.45) is 0 Å². The molecular formula is C21H23N3O5. The predicted molar refractivity (Wildman–Crippen MR) is 107 cm³/mol. The van der Waals surface area contributed by atoms with Crippen LogP contribution in [0.25, 0.3) is 11.5 Å². The van der Waals surface area contributed by atoms with Crippen LogP contribution in [0.3, 0.4) is 0 Å². The summed E-state index contributed by atoms with van der Waals surface area (Å²) >= 11 is 0. The molecule has 2 aromatic heterocycles. The average Bonchev–Trinajstić information content (AvgIpc) is 3.24. The quantitative estimate of drug-likeness (QED) is 0.596. The van der Waals surface area contributed by atoms with E-state index in [9.17, 15) is 9.59 Å². The van der Waals surface area contributed by atoms with Crippen LogP contribution in [-0.2, 0) is 11.3 Å². The number of rotatable bonds is 9. The highest BCUT2D eigenvalue weighted by Gasteiger charge is 2.15. The van der Waals surface area contributed by atoms with E-state index in [2.05, 4.69) is 10.4 Å². The number of carbonyl (C=O) groups excluding carboxylic acids is 1. The van der Waals surface area contributed by atoms with Gasteiger partial charge in [0.15, 0.2) is 11.9 Å². The number of benzene rings is 1. The first kappa shape index (κ1) is 20.2. The maximum Gasteiger partial charge on any atom is 0.266 e. The van der Waals surface area contributed by atoms with Gasteiger partial charge < -0.3 is 19.2 Å². The van der Waals surface area contributed by atoms with Crippen LogP contribution < -0.4 is 20.3 Å². The Kier molecular flexibility index (Phi) is 6.67. The summed E-state index contributed by atoms with van der Waals surface area (Å²) in [5.41, 5.74) is 0.290. The summed E-state index contributed by atoms with van der Waals surface area (Å²) in [5.74, 6) is 1.50. The zero-order chi connectivity index (χ0) is 20.6. The summed E-state index contributed by atoms with van der Waals surface area (Å²) in [6, 6.07) is 13.6. The number of amides is 1. The predicted octanol–water partition coefficient (Wildman–Crippen LogP) is 2.49. The van der Waals surface area contributed by atoms with Crippen molar-refractivity contribution in [3.63, 3.8) is 0 Å². The van der Waals surface area contributed by atoms with Crippen LogP contribution >= 0.6 is 0 Å². The first-order valence-electron chi connectivity index (χ1n) is 9.36. The lowest BCUT2D eigenvalue weighted by Crippen LogP contribution is -2.39. The Labute approximate surface area is 168 Å². The highest BCUT2D eigenvalue weighted by molar-refractivity contribution is 5.80. The molecule has 0 spiro atoms. The molecule has 1 atom stereocenters. The van der Waals surface area contributed by atoms with Crippen LogP contribution in [0.4, 0.5) is 0 Å². The Morgan fingerprint density at radius 3 is 2.79 bits per heavy atom. The SMILES string of the molecule is CCOc1cccc(OC(C)C(=O)NCCn2nc(-c3ccco3)ccc2=O)c1. The second-order valence-electron chi connectivity index (χ2n) is 6.22. The fourth-order valence-corrected chi connectivity index (χ4v) is 2.66. The van der Waals surface area contributed by atoms with Gasteiger partial charge in [-0.25, -0.2) is 4.68 Å². The van der Waals surface area contributed by atoms with Crippen LogP contribution in [0, 0.1) is 0 Å². The normalized spacial score (nSPS) is 11.7. The van der Waals surface area contributed by atoms with Gasteiger partial charge in [0.05, 0.1) is 19.4 Å². The van der Waals surface area contributed by atoms with Gasteiger partial charge in [0.2, 0.25) is 0 Å². The molecule has 1 N–H and O–H groups in total. The van der Waals surface area contributed by atoms with Gasteiger partial charge in [0.1, 0.15) is 17.2 Å². The Balaban J connectivity index is 1.54. The van der Waals surface area contributed by atoms with Crippen molar-refractivity contribution < 1.29 is 18.7 Å². The molecule has 29 heavy (non-hydrogen) atoms. The number of carbonyl (C=O) groups is 1. The third-order valence-electron chi connectivity index (χ3n) is 4.06. The summed E-state index contributed by atoms with van der Waals surface area (Å²) < 4.78 is 17.7. The van der Waals surface area contributed by atoms with E-state index in [-0.39, 0.29) is 24.6 Å². The van der Waals surface area contributed by atoms with Crippen molar-refractivity contribution >= 4 is 5.91 Å². The van der Waals surface area contributed by atoms with E-state index in [0.29, 0.717) is 29.6 Å². The van der Waals surface area contributed by atoms with E-state index in [0.717, 1.165) is 0 Å². The van der Waals surface area contributed by atoms with Gasteiger partial charge in [-0.15, -0.1) is 0 Å². The lowest BCUT2D eigenvalue weighted by atomic mass is 10.3. The van der Waals surface area contributed by atoms with Gasteiger partial charge in [0, 0.05) is 18.7 Å². The zero-order valence-electron chi connectivity index (χ0n) is 16.3. The van der Waals surface area contributed by atoms with Crippen LogP contribution in [0.1, 0.15) is 13.8 Å². The zero-order valence-corrected chi connectivity index (χ0v) is 16.3. The molecule has 3 rings (SSSR count). The summed E-state index contributed by atoms with van der Waals surface area (Å²) in [7, 11) is 0. The van der Waals surface area contributed by atoms with Gasteiger partial charge in [0.25, 0.3) is 11.5 Å². The highest BCUT2D eigenvalue weighted by atomic mass is 16.5. The molecule has 1 amide bonds. The number of nitrogens with zero attached hydrogens (tertiary/aromatic N) is 2. The molecular weight excluding hydrogens is 374 g/mol. The van der Waals surface area contributed by atoms with Crippen molar-refractivity contribution in [3.8, 4) is 23.0 Å². The van der Waals surface area contributed by atoms with Crippen LogP contribution in [0.2, 0.25) is 0 Å². The molecule has 0 saturated carbocycles. The summed E-state index contributed by atoms with van der Waals surface area (Å²) in [6.45, 7) is 4.57. The third-order valence-corrected chi connectivity index (χ3v) is 4.06. The molecule has 0 aliphatic rings. The van der Waals surface area contributed by atoms with Crippen LogP contribution in [0.15, 0.2) is 64.0 Å². The summed E-state index contributed by atoms with van der Waals surface area (Å²) in [6.07, 6.45) is 0.837. The number of ether oxygens (including phenoxy) is 2. The van der Waals surface area contributed by atoms with Crippen molar-refractivity contribution in [1.82, 2.24) is 15.1 Å². The molecule has 0 bridgehead atoms. The average molecular weight is 397 g/mol. The topological polar surface area (TPSA) is 95.6 Å². The summed E-state index contributed by atoms with van der Waals surface area (Å²) in [5, 5.41) is 7.02. The molecule has 3 aromatic rings. The summed E-state index contributed by atoms with van der Waals surface area (Å²) in [4.78, 5) is 24.3. The molecule has 1 unspecified atom stereocenters. The fraction of sp³-hybridized carbons (Fsp3) is 0.286. The molecule has 0 fully saturated rings. The molecule has 0 saturated heterocycles. The number of aromatic nitrogens is 2. The Hall–Kier alpha value is -3.55. The smallest absolute Gasteiger partial charge is 0.266 e. The van der Waals surface area contributed by atoms with E-state index in [1.165, 1.54) is 17.0 Å². The highest BCUT2D eigenvalue weighted by Crippen LogP contribution is 2.20. The lowest BCUT2D eigenvalue weighted by molar-refractivity contribution is -0.127. The van der Waals surface area contributed by atoms with Gasteiger partial charge in [-0.05, 0) is 44.2 Å². The van der Waals surface area contributed by atoms with Gasteiger partial charge in [-0.1, -0.05) is 6.07 Å². The van der Waals surface area contributed by atoms with Crippen molar-refractivity contribution in [2.75, 3.05) is 13.2 Å². The second kappa shape index (κ2) is 9.59. The molecule has 152 valence electrons. The maximum absolute atomic E-state index is 12.3. The minimum absolute atomic E-state index is 0.228. The van der Waals surface area contributed by atoms with Crippen LogP contribution in [-0.4, -0.2) is 34.9 Å². The van der Waals surface area contributed by atoms with Gasteiger partial charge in [-0.3, -0.25) is 9.59 Å². The second-order valence-corrected chi connectivity index (χ2v) is 6.22. The molecule has 0 aliphatic carbocycles. The first-order chi connectivity index (χ1) is 14.1. The minimum Gasteiger partial charge on any atom is -0.494 e. The first-order valence-corrected chi connectivity index (χ1v) is 9.36. The third kappa shape index (κ3) is 5.47. The Morgan fingerprint density at radius 2 is 2.03 bits per heavy atom. The molecule has 0 aliphatic heterocycles. The molecule has 8 heteroatoms. The Bertz CT molecular complexity index is 998. The fourth-order valence-electron chi connectivity index (χ4n) is 2.66. The number of nitrogens with one attached hydrogen (secondary N) is 1. The number of furan rings is 1. The Morgan fingerprint density at radius 1 is 1.21 bits per heavy atom. The molecule has 1 aromatic carbocycles. The maximum atomic E-state index is 12.3.